The maximum atomic E-state index is 4.35. The molecule has 0 atom stereocenters. The zero-order chi connectivity index (χ0) is 7.78. The van der Waals surface area contributed by atoms with Crippen molar-refractivity contribution in [3.63, 3.8) is 0 Å². The van der Waals surface area contributed by atoms with E-state index in [4.69, 9.17) is 0 Å². The van der Waals surface area contributed by atoms with Crippen molar-refractivity contribution in [2.45, 2.75) is 51.4 Å². The van der Waals surface area contributed by atoms with Gasteiger partial charge in [-0.3, -0.25) is 4.99 Å². The number of hydrogen-bond acceptors (Lipinski definition) is 1. The lowest BCUT2D eigenvalue weighted by atomic mass is 10.1. The van der Waals surface area contributed by atoms with E-state index in [1.807, 2.05) is 0 Å². The zero-order valence-corrected chi connectivity index (χ0v) is 7.39. The Morgan fingerprint density at radius 3 is 2.18 bits per heavy atom. The van der Waals surface area contributed by atoms with Crippen LogP contribution >= 0.6 is 0 Å². The number of rotatable bonds is 0. The second-order valence-electron chi connectivity index (χ2n) is 3.35. The minimum absolute atomic E-state index is 1.07. The number of hydrogen-bond donors (Lipinski definition) is 0. The fourth-order valence-corrected chi connectivity index (χ4v) is 1.51. The molecule has 0 unspecified atom stereocenters. The summed E-state index contributed by atoms with van der Waals surface area (Å²) in [7, 11) is 0. The lowest BCUT2D eigenvalue weighted by molar-refractivity contribution is 0.593. The summed E-state index contributed by atoms with van der Waals surface area (Å²) in [5.41, 5.74) is 0. The van der Waals surface area contributed by atoms with Gasteiger partial charge < -0.3 is 0 Å². The minimum atomic E-state index is 1.07. The molecule has 1 heteroatoms. The van der Waals surface area contributed by atoms with Crippen molar-refractivity contribution in [3.8, 4) is 0 Å². The smallest absolute Gasteiger partial charge is 0.0385 e. The Balaban J connectivity index is 2.11. The van der Waals surface area contributed by atoms with Crippen LogP contribution in [0.5, 0.6) is 0 Å². The molecule has 0 radical (unpaired) electrons. The standard InChI is InChI=1S/C10H19N/c1-2-4-6-8-10-11-9-7-5-3-1/h9H,1-8,10H2/b11-9+. The summed E-state index contributed by atoms with van der Waals surface area (Å²) in [4.78, 5) is 4.35. The molecule has 1 nitrogen and oxygen atoms in total. The van der Waals surface area contributed by atoms with Gasteiger partial charge in [-0.05, 0) is 25.5 Å². The summed E-state index contributed by atoms with van der Waals surface area (Å²) in [6.07, 6.45) is 13.1. The van der Waals surface area contributed by atoms with Crippen LogP contribution in [0.15, 0.2) is 4.99 Å². The van der Waals surface area contributed by atoms with Crippen molar-refractivity contribution < 1.29 is 0 Å². The summed E-state index contributed by atoms with van der Waals surface area (Å²) in [5.74, 6) is 0. The summed E-state index contributed by atoms with van der Waals surface area (Å²) in [6.45, 7) is 1.07. The molecule has 1 aliphatic rings. The van der Waals surface area contributed by atoms with Crippen molar-refractivity contribution in [1.82, 2.24) is 0 Å². The Hall–Kier alpha value is -0.330. The normalized spacial score (nSPS) is 25.5. The molecule has 11 heavy (non-hydrogen) atoms. The van der Waals surface area contributed by atoms with E-state index < -0.39 is 0 Å². The molecule has 0 aromatic heterocycles. The second-order valence-corrected chi connectivity index (χ2v) is 3.35. The first-order valence-corrected chi connectivity index (χ1v) is 4.98. The first-order chi connectivity index (χ1) is 5.50. The third kappa shape index (κ3) is 5.00. The van der Waals surface area contributed by atoms with Gasteiger partial charge in [-0.15, -0.1) is 0 Å². The van der Waals surface area contributed by atoms with Crippen LogP contribution in [0, 0.1) is 0 Å². The Labute approximate surface area is 69.9 Å². The van der Waals surface area contributed by atoms with Crippen LogP contribution in [0.4, 0.5) is 0 Å². The SMILES string of the molecule is C1=N/CCCCCCCCC/1. The molecule has 0 saturated carbocycles. The third-order valence-corrected chi connectivity index (χ3v) is 2.25. The van der Waals surface area contributed by atoms with Crippen LogP contribution in [-0.4, -0.2) is 12.8 Å². The molecule has 0 spiro atoms. The van der Waals surface area contributed by atoms with Gasteiger partial charge in [-0.25, -0.2) is 0 Å². The van der Waals surface area contributed by atoms with Crippen molar-refractivity contribution >= 4 is 6.21 Å². The van der Waals surface area contributed by atoms with Gasteiger partial charge >= 0.3 is 0 Å². The lowest BCUT2D eigenvalue weighted by Crippen LogP contribution is -1.82. The van der Waals surface area contributed by atoms with E-state index in [2.05, 4.69) is 11.2 Å². The second kappa shape index (κ2) is 6.38. The van der Waals surface area contributed by atoms with Gasteiger partial charge in [0.25, 0.3) is 0 Å². The van der Waals surface area contributed by atoms with Crippen LogP contribution < -0.4 is 0 Å². The molecular formula is C10H19N. The highest BCUT2D eigenvalue weighted by atomic mass is 14.7. The Bertz CT molecular complexity index is 95.4. The topological polar surface area (TPSA) is 12.4 Å². The third-order valence-electron chi connectivity index (χ3n) is 2.25. The summed E-state index contributed by atoms with van der Waals surface area (Å²) < 4.78 is 0. The average molecular weight is 153 g/mol. The first kappa shape index (κ1) is 8.76. The molecule has 1 rings (SSSR count). The van der Waals surface area contributed by atoms with E-state index >= 15 is 0 Å². The van der Waals surface area contributed by atoms with E-state index in [9.17, 15) is 0 Å². The van der Waals surface area contributed by atoms with Crippen molar-refractivity contribution in [2.75, 3.05) is 6.54 Å². The predicted molar refractivity (Wildman–Crippen MR) is 50.3 cm³/mol. The van der Waals surface area contributed by atoms with Gasteiger partial charge in [0.1, 0.15) is 0 Å². The fraction of sp³-hybridized carbons (Fsp3) is 0.900. The molecule has 0 aromatic rings. The van der Waals surface area contributed by atoms with Crippen molar-refractivity contribution in [3.05, 3.63) is 0 Å². The quantitative estimate of drug-likeness (QED) is 0.507. The van der Waals surface area contributed by atoms with Gasteiger partial charge in [0, 0.05) is 6.54 Å². The van der Waals surface area contributed by atoms with Crippen molar-refractivity contribution in [2.24, 2.45) is 4.99 Å². The van der Waals surface area contributed by atoms with Crippen LogP contribution in [-0.2, 0) is 0 Å². The highest BCUT2D eigenvalue weighted by Crippen LogP contribution is 2.09. The molecule has 64 valence electrons. The number of aliphatic imine (C=N–C) groups is 1. The lowest BCUT2D eigenvalue weighted by Gasteiger charge is -1.97. The van der Waals surface area contributed by atoms with Crippen LogP contribution in [0.1, 0.15) is 51.4 Å². The Morgan fingerprint density at radius 2 is 1.36 bits per heavy atom. The molecule has 0 aliphatic carbocycles. The molecule has 1 aliphatic heterocycles. The maximum Gasteiger partial charge on any atom is 0.0385 e. The predicted octanol–water partition coefficient (Wildman–Crippen LogP) is 3.19. The fourth-order valence-electron chi connectivity index (χ4n) is 1.51. The van der Waals surface area contributed by atoms with Crippen LogP contribution in [0.3, 0.4) is 0 Å². The van der Waals surface area contributed by atoms with E-state index in [-0.39, 0.29) is 0 Å². The maximum absolute atomic E-state index is 4.35. The first-order valence-electron chi connectivity index (χ1n) is 4.98. The largest absolute Gasteiger partial charge is 0.298 e. The van der Waals surface area contributed by atoms with Gasteiger partial charge in [0.15, 0.2) is 0 Å². The molecule has 0 fully saturated rings. The highest BCUT2D eigenvalue weighted by molar-refractivity contribution is 5.56. The minimum Gasteiger partial charge on any atom is -0.298 e. The Morgan fingerprint density at radius 1 is 0.727 bits per heavy atom. The van der Waals surface area contributed by atoms with Crippen LogP contribution in [0.2, 0.25) is 0 Å². The summed E-state index contributed by atoms with van der Waals surface area (Å²) in [5, 5.41) is 0. The molecule has 0 amide bonds. The van der Waals surface area contributed by atoms with Gasteiger partial charge in [-0.2, -0.15) is 0 Å². The molecule has 0 bridgehead atoms. The van der Waals surface area contributed by atoms with E-state index in [1.165, 1.54) is 51.4 Å². The molecule has 1 heterocycles. The highest BCUT2D eigenvalue weighted by Gasteiger charge is 1.92. The van der Waals surface area contributed by atoms with Gasteiger partial charge in [0.2, 0.25) is 0 Å². The van der Waals surface area contributed by atoms with Gasteiger partial charge in [0.05, 0.1) is 0 Å². The van der Waals surface area contributed by atoms with Gasteiger partial charge in [-0.1, -0.05) is 32.1 Å². The average Bonchev–Trinajstić information content (AvgIpc) is 2.08. The number of nitrogens with zero attached hydrogens (tertiary/aromatic N) is 1. The molecule has 0 saturated heterocycles. The molecular weight excluding hydrogens is 134 g/mol. The zero-order valence-electron chi connectivity index (χ0n) is 7.39. The van der Waals surface area contributed by atoms with Crippen molar-refractivity contribution in [1.29, 1.82) is 0 Å². The van der Waals surface area contributed by atoms with E-state index in [0.717, 1.165) is 6.54 Å². The molecule has 0 N–H and O–H groups in total. The van der Waals surface area contributed by atoms with Crippen LogP contribution in [0.25, 0.3) is 0 Å². The van der Waals surface area contributed by atoms with E-state index in [0.29, 0.717) is 0 Å². The summed E-state index contributed by atoms with van der Waals surface area (Å²) >= 11 is 0. The summed E-state index contributed by atoms with van der Waals surface area (Å²) in [6, 6.07) is 0. The van der Waals surface area contributed by atoms with E-state index in [1.54, 1.807) is 0 Å². The Kier molecular flexibility index (Phi) is 5.09. The monoisotopic (exact) mass is 153 g/mol. The molecule has 0 aromatic carbocycles.